The highest BCUT2D eigenvalue weighted by atomic mass is 14.9. The highest BCUT2D eigenvalue weighted by molar-refractivity contribution is 5.96. The van der Waals surface area contributed by atoms with Crippen LogP contribution >= 0.6 is 0 Å². The van der Waals surface area contributed by atoms with Gasteiger partial charge in [-0.3, -0.25) is 9.98 Å². The van der Waals surface area contributed by atoms with E-state index in [2.05, 4.69) is 91.9 Å². The third kappa shape index (κ3) is 5.73. The summed E-state index contributed by atoms with van der Waals surface area (Å²) in [6.07, 6.45) is 20.7. The van der Waals surface area contributed by atoms with Crippen molar-refractivity contribution < 1.29 is 0 Å². The maximum atomic E-state index is 5.43. The number of fused-ring (bicyclic) bond motifs is 2. The molecule has 0 N–H and O–H groups in total. The van der Waals surface area contributed by atoms with Crippen molar-refractivity contribution in [3.05, 3.63) is 131 Å². The maximum absolute atomic E-state index is 5.43. The monoisotopic (exact) mass is 600 g/mol. The number of aryl methyl sites for hydroxylation is 1. The average molecular weight is 601 g/mol. The van der Waals surface area contributed by atoms with Crippen LogP contribution in [0, 0.1) is 12.8 Å². The lowest BCUT2D eigenvalue weighted by Crippen LogP contribution is -2.18. The quantitative estimate of drug-likeness (QED) is 0.214. The van der Waals surface area contributed by atoms with Crippen molar-refractivity contribution in [2.45, 2.75) is 71.1 Å². The number of benzene rings is 2. The molecule has 46 heavy (non-hydrogen) atoms. The first-order valence-electron chi connectivity index (χ1n) is 17.1. The van der Waals surface area contributed by atoms with Crippen molar-refractivity contribution in [2.75, 3.05) is 0 Å². The number of pyridine rings is 1. The van der Waals surface area contributed by atoms with Crippen molar-refractivity contribution >= 4 is 22.6 Å². The standard InChI is InChI=1S/C42H40N4/c1-28-25-36(35-22-12-19-31-23-24-37(29-13-5-2-6-14-29)44-40(31)41(35)43-28)33-20-11-21-34(26-33)39-27-38(30-15-7-3-8-16-30)45-42(46-39)32-17-9-4-10-18-32/h3-5,7-10,13,15-18,21,25-27,29H,2,6,11-12,14,19-20,22-24H2,1H3. The topological polar surface area (TPSA) is 51.0 Å². The molecule has 4 nitrogen and oxygen atoms in total. The Hall–Kier alpha value is -4.70. The van der Waals surface area contributed by atoms with E-state index in [0.717, 1.165) is 90.2 Å². The van der Waals surface area contributed by atoms with Crippen LogP contribution in [0.4, 0.5) is 0 Å². The smallest absolute Gasteiger partial charge is 0.160 e. The van der Waals surface area contributed by atoms with Crippen LogP contribution in [0.15, 0.2) is 108 Å². The number of nitrogens with zero attached hydrogens (tertiary/aromatic N) is 4. The van der Waals surface area contributed by atoms with E-state index in [0.29, 0.717) is 5.92 Å². The summed E-state index contributed by atoms with van der Waals surface area (Å²) in [6, 6.07) is 25.2. The fourth-order valence-corrected chi connectivity index (χ4v) is 7.57. The Morgan fingerprint density at radius 3 is 2.33 bits per heavy atom. The van der Waals surface area contributed by atoms with Crippen LogP contribution in [0.3, 0.4) is 0 Å². The highest BCUT2D eigenvalue weighted by Crippen LogP contribution is 2.42. The van der Waals surface area contributed by atoms with E-state index in [1.165, 1.54) is 52.9 Å². The van der Waals surface area contributed by atoms with Crippen molar-refractivity contribution in [3.63, 3.8) is 0 Å². The zero-order valence-corrected chi connectivity index (χ0v) is 26.7. The number of aromatic nitrogens is 3. The van der Waals surface area contributed by atoms with Gasteiger partial charge in [-0.2, -0.15) is 0 Å². The fraction of sp³-hybridized carbons (Fsp3) is 0.286. The van der Waals surface area contributed by atoms with Crippen LogP contribution in [0.2, 0.25) is 0 Å². The third-order valence-corrected chi connectivity index (χ3v) is 9.91. The predicted molar refractivity (Wildman–Crippen MR) is 190 cm³/mol. The Kier molecular flexibility index (Phi) is 7.87. The van der Waals surface area contributed by atoms with Gasteiger partial charge in [0.15, 0.2) is 5.82 Å². The number of hydrogen-bond acceptors (Lipinski definition) is 4. The number of aliphatic imine (C=N–C) groups is 1. The van der Waals surface area contributed by atoms with Crippen molar-refractivity contribution in [2.24, 2.45) is 10.9 Å². The van der Waals surface area contributed by atoms with Gasteiger partial charge in [0.1, 0.15) is 0 Å². The van der Waals surface area contributed by atoms with E-state index < -0.39 is 0 Å². The molecule has 2 aromatic heterocycles. The summed E-state index contributed by atoms with van der Waals surface area (Å²) in [5.74, 6) is 1.24. The van der Waals surface area contributed by atoms with E-state index in [1.54, 1.807) is 0 Å². The van der Waals surface area contributed by atoms with E-state index >= 15 is 0 Å². The summed E-state index contributed by atoms with van der Waals surface area (Å²) < 4.78 is 0. The van der Waals surface area contributed by atoms with Gasteiger partial charge in [-0.05, 0) is 117 Å². The minimum absolute atomic E-state index is 0.488. The van der Waals surface area contributed by atoms with Gasteiger partial charge in [0.2, 0.25) is 0 Å². The Balaban J connectivity index is 1.21. The molecule has 0 spiro atoms. The molecular weight excluding hydrogens is 560 g/mol. The van der Waals surface area contributed by atoms with Crippen LogP contribution in [0.1, 0.15) is 86.0 Å². The molecule has 4 aliphatic rings. The Bertz CT molecular complexity index is 1880. The van der Waals surface area contributed by atoms with Gasteiger partial charge in [0.25, 0.3) is 0 Å². The number of allylic oxidation sites excluding steroid dienone is 7. The average Bonchev–Trinajstić information content (AvgIpc) is 3.31. The van der Waals surface area contributed by atoms with E-state index in [9.17, 15) is 0 Å². The first-order chi connectivity index (χ1) is 22.7. The molecular formula is C42H40N4. The SMILES string of the molecule is Cc1cc(C2=CC(c3cc(-c4ccccc4)nc(-c4ccccc4)n3)=CCC2)c2c(n1)C1=C(CCC2)CCC(C2C=CCCC2)=N1. The zero-order chi connectivity index (χ0) is 30.9. The van der Waals surface area contributed by atoms with E-state index in [4.69, 9.17) is 19.9 Å². The van der Waals surface area contributed by atoms with Crippen LogP contribution in [0.25, 0.3) is 39.5 Å². The summed E-state index contributed by atoms with van der Waals surface area (Å²) in [4.78, 5) is 20.8. The Morgan fingerprint density at radius 1 is 0.717 bits per heavy atom. The summed E-state index contributed by atoms with van der Waals surface area (Å²) in [7, 11) is 0. The van der Waals surface area contributed by atoms with Crippen LogP contribution < -0.4 is 0 Å². The molecule has 3 heterocycles. The molecule has 8 rings (SSSR count). The first kappa shape index (κ1) is 28.8. The summed E-state index contributed by atoms with van der Waals surface area (Å²) >= 11 is 0. The zero-order valence-electron chi connectivity index (χ0n) is 26.7. The molecule has 1 atom stereocenters. The largest absolute Gasteiger partial charge is 0.255 e. The lowest BCUT2D eigenvalue weighted by Gasteiger charge is -2.25. The van der Waals surface area contributed by atoms with Crippen LogP contribution in [-0.2, 0) is 6.42 Å². The lowest BCUT2D eigenvalue weighted by molar-refractivity contribution is 0.642. The molecule has 4 heteroatoms. The molecule has 228 valence electrons. The number of hydrogen-bond donors (Lipinski definition) is 0. The Morgan fingerprint density at radius 2 is 1.52 bits per heavy atom. The molecule has 2 aromatic carbocycles. The second-order valence-electron chi connectivity index (χ2n) is 13.1. The van der Waals surface area contributed by atoms with Crippen LogP contribution in [-0.4, -0.2) is 20.7 Å². The van der Waals surface area contributed by atoms with Crippen LogP contribution in [0.5, 0.6) is 0 Å². The second-order valence-corrected chi connectivity index (χ2v) is 13.1. The highest BCUT2D eigenvalue weighted by Gasteiger charge is 2.28. The van der Waals surface area contributed by atoms with Gasteiger partial charge in [-0.25, -0.2) is 9.97 Å². The molecule has 0 bridgehead atoms. The van der Waals surface area contributed by atoms with Gasteiger partial charge in [0.05, 0.1) is 22.8 Å². The van der Waals surface area contributed by atoms with Gasteiger partial charge in [-0.1, -0.05) is 78.9 Å². The summed E-state index contributed by atoms with van der Waals surface area (Å²) in [5.41, 5.74) is 15.6. The third-order valence-electron chi connectivity index (χ3n) is 9.91. The molecule has 0 radical (unpaired) electrons. The molecule has 3 aliphatic carbocycles. The van der Waals surface area contributed by atoms with E-state index in [1.807, 2.05) is 12.1 Å². The molecule has 0 saturated heterocycles. The fourth-order valence-electron chi connectivity index (χ4n) is 7.57. The molecule has 0 saturated carbocycles. The Labute approximate surface area is 272 Å². The first-order valence-corrected chi connectivity index (χ1v) is 17.1. The molecule has 4 aromatic rings. The normalized spacial score (nSPS) is 19.4. The van der Waals surface area contributed by atoms with Gasteiger partial charge in [-0.15, -0.1) is 0 Å². The summed E-state index contributed by atoms with van der Waals surface area (Å²) in [6.45, 7) is 2.15. The van der Waals surface area contributed by atoms with Crippen molar-refractivity contribution in [3.8, 4) is 22.6 Å². The predicted octanol–water partition coefficient (Wildman–Crippen LogP) is 10.4. The molecule has 0 amide bonds. The van der Waals surface area contributed by atoms with E-state index in [-0.39, 0.29) is 0 Å². The lowest BCUT2D eigenvalue weighted by atomic mass is 9.85. The molecule has 1 unspecified atom stereocenters. The van der Waals surface area contributed by atoms with Crippen molar-refractivity contribution in [1.82, 2.24) is 15.0 Å². The summed E-state index contributed by atoms with van der Waals surface area (Å²) in [5, 5.41) is 0. The molecule has 0 fully saturated rings. The minimum atomic E-state index is 0.488. The van der Waals surface area contributed by atoms with Gasteiger partial charge in [0, 0.05) is 28.5 Å². The second kappa shape index (κ2) is 12.6. The number of rotatable bonds is 5. The maximum Gasteiger partial charge on any atom is 0.160 e. The van der Waals surface area contributed by atoms with Gasteiger partial charge < -0.3 is 0 Å². The van der Waals surface area contributed by atoms with Crippen molar-refractivity contribution in [1.29, 1.82) is 0 Å². The minimum Gasteiger partial charge on any atom is -0.255 e. The molecule has 1 aliphatic heterocycles. The van der Waals surface area contributed by atoms with Gasteiger partial charge >= 0.3 is 0 Å².